The predicted molar refractivity (Wildman–Crippen MR) is 82.0 cm³/mol. The minimum Gasteiger partial charge on any atom is -0.398 e. The molecule has 2 aromatic rings. The zero-order chi connectivity index (χ0) is 13.4. The molecule has 0 radical (unpaired) electrons. The Morgan fingerprint density at radius 1 is 1.16 bits per heavy atom. The van der Waals surface area contributed by atoms with Gasteiger partial charge < -0.3 is 10.6 Å². The molecule has 0 aliphatic carbocycles. The van der Waals surface area contributed by atoms with E-state index in [0.717, 1.165) is 17.7 Å². The van der Waals surface area contributed by atoms with Crippen LogP contribution in [0.5, 0.6) is 0 Å². The van der Waals surface area contributed by atoms with Gasteiger partial charge in [-0.1, -0.05) is 24.3 Å². The van der Waals surface area contributed by atoms with Crippen LogP contribution in [-0.2, 0) is 6.42 Å². The fourth-order valence-corrected chi connectivity index (χ4v) is 2.86. The van der Waals surface area contributed by atoms with Crippen molar-refractivity contribution in [2.75, 3.05) is 10.6 Å². The summed E-state index contributed by atoms with van der Waals surface area (Å²) in [5, 5.41) is 0. The fraction of sp³-hybridized carbons (Fsp3) is 0.294. The van der Waals surface area contributed by atoms with Crippen molar-refractivity contribution in [3.05, 3.63) is 53.6 Å². The van der Waals surface area contributed by atoms with Gasteiger partial charge in [0.05, 0.1) is 0 Å². The van der Waals surface area contributed by atoms with E-state index in [1.165, 1.54) is 23.4 Å². The second-order valence-electron chi connectivity index (χ2n) is 5.43. The van der Waals surface area contributed by atoms with Gasteiger partial charge in [0, 0.05) is 23.1 Å². The van der Waals surface area contributed by atoms with Crippen LogP contribution in [0.1, 0.15) is 24.5 Å². The number of hydrogen-bond acceptors (Lipinski definition) is 2. The van der Waals surface area contributed by atoms with Gasteiger partial charge in [-0.3, -0.25) is 0 Å². The quantitative estimate of drug-likeness (QED) is 0.776. The number of anilines is 3. The van der Waals surface area contributed by atoms with Crippen LogP contribution in [0.3, 0.4) is 0 Å². The van der Waals surface area contributed by atoms with Crippen LogP contribution in [0.15, 0.2) is 42.5 Å². The molecule has 0 amide bonds. The highest BCUT2D eigenvalue weighted by molar-refractivity contribution is 5.71. The Hall–Kier alpha value is -1.96. The fourth-order valence-electron chi connectivity index (χ4n) is 2.86. The van der Waals surface area contributed by atoms with Crippen molar-refractivity contribution in [1.29, 1.82) is 0 Å². The van der Waals surface area contributed by atoms with Crippen LogP contribution in [0.4, 0.5) is 17.1 Å². The Labute approximate surface area is 114 Å². The van der Waals surface area contributed by atoms with Crippen molar-refractivity contribution >= 4 is 17.1 Å². The zero-order valence-corrected chi connectivity index (χ0v) is 11.6. The average molecular weight is 252 g/mol. The molecular weight excluding hydrogens is 232 g/mol. The molecule has 2 N–H and O–H groups in total. The summed E-state index contributed by atoms with van der Waals surface area (Å²) >= 11 is 0. The van der Waals surface area contributed by atoms with Crippen LogP contribution in [0.25, 0.3) is 0 Å². The predicted octanol–water partition coefficient (Wildman–Crippen LogP) is 4.05. The maximum absolute atomic E-state index is 6.07. The number of aryl methyl sites for hydroxylation is 2. The number of hydrogen-bond donors (Lipinski definition) is 1. The van der Waals surface area contributed by atoms with Gasteiger partial charge in [0.1, 0.15) is 0 Å². The van der Waals surface area contributed by atoms with E-state index in [4.69, 9.17) is 5.73 Å². The van der Waals surface area contributed by atoms with Crippen molar-refractivity contribution in [1.82, 2.24) is 0 Å². The van der Waals surface area contributed by atoms with Crippen LogP contribution in [0.2, 0.25) is 0 Å². The maximum Gasteiger partial charge on any atom is 0.0445 e. The number of para-hydroxylation sites is 1. The second-order valence-corrected chi connectivity index (χ2v) is 5.43. The first kappa shape index (κ1) is 12.1. The highest BCUT2D eigenvalue weighted by atomic mass is 15.2. The van der Waals surface area contributed by atoms with Gasteiger partial charge >= 0.3 is 0 Å². The summed E-state index contributed by atoms with van der Waals surface area (Å²) in [5.74, 6) is 0. The van der Waals surface area contributed by atoms with Gasteiger partial charge in [0.15, 0.2) is 0 Å². The largest absolute Gasteiger partial charge is 0.398 e. The van der Waals surface area contributed by atoms with E-state index in [-0.39, 0.29) is 0 Å². The molecule has 0 spiro atoms. The maximum atomic E-state index is 6.07. The lowest BCUT2D eigenvalue weighted by molar-refractivity contribution is 0.618. The monoisotopic (exact) mass is 252 g/mol. The summed E-state index contributed by atoms with van der Waals surface area (Å²) in [6.45, 7) is 4.33. The zero-order valence-electron chi connectivity index (χ0n) is 11.6. The molecule has 2 nitrogen and oxygen atoms in total. The van der Waals surface area contributed by atoms with Gasteiger partial charge in [-0.25, -0.2) is 0 Å². The molecule has 1 aliphatic heterocycles. The molecule has 1 aliphatic rings. The molecule has 0 saturated carbocycles. The number of benzene rings is 2. The molecule has 1 unspecified atom stereocenters. The first-order valence-electron chi connectivity index (χ1n) is 6.90. The highest BCUT2D eigenvalue weighted by Crippen LogP contribution is 2.37. The summed E-state index contributed by atoms with van der Waals surface area (Å²) in [7, 11) is 0. The van der Waals surface area contributed by atoms with Gasteiger partial charge in [-0.15, -0.1) is 0 Å². The van der Waals surface area contributed by atoms with E-state index >= 15 is 0 Å². The van der Waals surface area contributed by atoms with E-state index in [1.807, 2.05) is 6.92 Å². The van der Waals surface area contributed by atoms with Gasteiger partial charge in [0.2, 0.25) is 0 Å². The molecule has 19 heavy (non-hydrogen) atoms. The molecule has 2 heteroatoms. The van der Waals surface area contributed by atoms with Gasteiger partial charge in [0.25, 0.3) is 0 Å². The normalized spacial score (nSPS) is 18.2. The molecular formula is C17H20N2. The molecule has 1 heterocycles. The highest BCUT2D eigenvalue weighted by Gasteiger charge is 2.24. The lowest BCUT2D eigenvalue weighted by Crippen LogP contribution is -2.33. The minimum absolute atomic E-state index is 0.511. The SMILES string of the molecule is Cc1ccc(N2c3ccccc3CCC2C)cc1N. The number of nitrogen functional groups attached to an aromatic ring is 1. The third-order valence-corrected chi connectivity index (χ3v) is 4.06. The topological polar surface area (TPSA) is 29.3 Å². The Balaban J connectivity index is 2.10. The summed E-state index contributed by atoms with van der Waals surface area (Å²) in [6.07, 6.45) is 2.35. The Bertz CT molecular complexity index is 604. The summed E-state index contributed by atoms with van der Waals surface area (Å²) in [5.41, 5.74) is 12.0. The van der Waals surface area contributed by atoms with E-state index in [1.54, 1.807) is 0 Å². The van der Waals surface area contributed by atoms with E-state index in [2.05, 4.69) is 54.3 Å². The lowest BCUT2D eigenvalue weighted by atomic mass is 9.95. The Kier molecular flexibility index (Phi) is 2.94. The molecule has 0 bridgehead atoms. The van der Waals surface area contributed by atoms with Crippen molar-refractivity contribution in [3.63, 3.8) is 0 Å². The first-order valence-corrected chi connectivity index (χ1v) is 6.90. The number of rotatable bonds is 1. The van der Waals surface area contributed by atoms with Crippen molar-refractivity contribution in [2.45, 2.75) is 32.7 Å². The molecule has 0 fully saturated rings. The molecule has 1 atom stereocenters. The van der Waals surface area contributed by atoms with Crippen LogP contribution in [0, 0.1) is 6.92 Å². The van der Waals surface area contributed by atoms with Crippen LogP contribution >= 0.6 is 0 Å². The molecule has 0 saturated heterocycles. The average Bonchev–Trinajstić information content (AvgIpc) is 2.42. The summed E-state index contributed by atoms with van der Waals surface area (Å²) < 4.78 is 0. The smallest absolute Gasteiger partial charge is 0.0445 e. The summed E-state index contributed by atoms with van der Waals surface area (Å²) in [4.78, 5) is 2.41. The van der Waals surface area contributed by atoms with E-state index in [0.29, 0.717) is 6.04 Å². The van der Waals surface area contributed by atoms with Gasteiger partial charge in [-0.2, -0.15) is 0 Å². The van der Waals surface area contributed by atoms with Crippen molar-refractivity contribution in [3.8, 4) is 0 Å². The minimum atomic E-state index is 0.511. The van der Waals surface area contributed by atoms with Crippen molar-refractivity contribution in [2.24, 2.45) is 0 Å². The number of fused-ring (bicyclic) bond motifs is 1. The number of nitrogens with two attached hydrogens (primary N) is 1. The first-order chi connectivity index (χ1) is 9.16. The second kappa shape index (κ2) is 4.61. The molecule has 2 aromatic carbocycles. The van der Waals surface area contributed by atoms with E-state index < -0.39 is 0 Å². The lowest BCUT2D eigenvalue weighted by Gasteiger charge is -2.37. The van der Waals surface area contributed by atoms with Crippen molar-refractivity contribution < 1.29 is 0 Å². The summed E-state index contributed by atoms with van der Waals surface area (Å²) in [6, 6.07) is 15.6. The van der Waals surface area contributed by atoms with Crippen LogP contribution < -0.4 is 10.6 Å². The third kappa shape index (κ3) is 2.07. The molecule has 0 aromatic heterocycles. The third-order valence-electron chi connectivity index (χ3n) is 4.06. The standard InChI is InChI=1S/C17H20N2/c1-12-7-10-15(11-16(12)18)19-13(2)8-9-14-5-3-4-6-17(14)19/h3-7,10-11,13H,8-9,18H2,1-2H3. The van der Waals surface area contributed by atoms with Gasteiger partial charge in [-0.05, 0) is 56.0 Å². The molecule has 98 valence electrons. The Morgan fingerprint density at radius 2 is 1.95 bits per heavy atom. The molecule has 3 rings (SSSR count). The van der Waals surface area contributed by atoms with E-state index in [9.17, 15) is 0 Å². The number of nitrogens with zero attached hydrogens (tertiary/aromatic N) is 1. The Morgan fingerprint density at radius 3 is 2.74 bits per heavy atom. The van der Waals surface area contributed by atoms with Crippen LogP contribution in [-0.4, -0.2) is 6.04 Å².